The van der Waals surface area contributed by atoms with E-state index in [1.165, 1.54) is 14.2 Å². The fourth-order valence-corrected chi connectivity index (χ4v) is 5.56. The summed E-state index contributed by atoms with van der Waals surface area (Å²) in [4.78, 5) is 41.2. The minimum absolute atomic E-state index is 0.127. The minimum atomic E-state index is -1.12. The molecule has 2 aromatic rings. The summed E-state index contributed by atoms with van der Waals surface area (Å²) in [5.74, 6) is -2.41. The Labute approximate surface area is 234 Å². The van der Waals surface area contributed by atoms with Gasteiger partial charge in [0, 0.05) is 28.4 Å². The molecule has 9 nitrogen and oxygen atoms in total. The molecule has 9 heteroatoms. The maximum Gasteiger partial charge on any atom is 0.336 e. The van der Waals surface area contributed by atoms with Crippen LogP contribution < -0.4 is 19.5 Å². The molecule has 0 saturated heterocycles. The van der Waals surface area contributed by atoms with Crippen molar-refractivity contribution < 1.29 is 38.1 Å². The highest BCUT2D eigenvalue weighted by Gasteiger charge is 2.49. The summed E-state index contributed by atoms with van der Waals surface area (Å²) < 4.78 is 27.3. The zero-order chi connectivity index (χ0) is 29.0. The van der Waals surface area contributed by atoms with E-state index in [0.717, 1.165) is 5.56 Å². The van der Waals surface area contributed by atoms with Crippen LogP contribution in [0.15, 0.2) is 65.0 Å². The maximum atomic E-state index is 14.5. The van der Waals surface area contributed by atoms with Crippen molar-refractivity contribution in [3.8, 4) is 17.2 Å². The number of ether oxygens (including phenoxy) is 5. The third-order valence-corrected chi connectivity index (χ3v) is 7.35. The number of rotatable bonds is 9. The summed E-state index contributed by atoms with van der Waals surface area (Å²) in [6.45, 7) is 5.48. The quantitative estimate of drug-likeness (QED) is 0.359. The van der Waals surface area contributed by atoms with Crippen molar-refractivity contribution in [3.05, 3.63) is 76.1 Å². The molecule has 0 bridgehead atoms. The molecule has 0 amide bonds. The van der Waals surface area contributed by atoms with E-state index in [0.29, 0.717) is 46.2 Å². The van der Waals surface area contributed by atoms with E-state index in [-0.39, 0.29) is 18.8 Å². The molecule has 1 aliphatic carbocycles. The number of carbonyl (C=O) groups excluding carboxylic acids is 3. The number of hydrogen-bond acceptors (Lipinski definition) is 9. The lowest BCUT2D eigenvalue weighted by molar-refractivity contribution is -0.152. The number of dihydropyridines is 1. The van der Waals surface area contributed by atoms with Crippen LogP contribution in [-0.4, -0.2) is 52.3 Å². The zero-order valence-corrected chi connectivity index (χ0v) is 23.7. The summed E-state index contributed by atoms with van der Waals surface area (Å²) in [7, 11) is 4.63. The molecule has 0 aromatic heterocycles. The molecule has 40 heavy (non-hydrogen) atoms. The van der Waals surface area contributed by atoms with E-state index in [4.69, 9.17) is 23.7 Å². The number of esters is 2. The molecule has 0 radical (unpaired) electrons. The van der Waals surface area contributed by atoms with E-state index in [1.807, 2.05) is 12.1 Å². The SMILES string of the molecule is CCOC(=O)C1=C(C)NC2=C(C(=O)[C@@H](C(=O)OCC)[C@H](c3ccc(OC)cc3)C2)[C@@H]1c1cc(OC)ccc1OC. The third kappa shape index (κ3) is 5.28. The van der Waals surface area contributed by atoms with Gasteiger partial charge in [-0.15, -0.1) is 0 Å². The molecule has 1 N–H and O–H groups in total. The summed E-state index contributed by atoms with van der Waals surface area (Å²) in [5.41, 5.74) is 3.12. The average molecular weight is 550 g/mol. The Bertz CT molecular complexity index is 1360. The van der Waals surface area contributed by atoms with Crippen molar-refractivity contribution in [2.75, 3.05) is 34.5 Å². The van der Waals surface area contributed by atoms with Crippen LogP contribution in [0.3, 0.4) is 0 Å². The molecular weight excluding hydrogens is 514 g/mol. The number of ketones is 1. The Hall–Kier alpha value is -4.27. The number of allylic oxidation sites excluding steroid dienone is 3. The molecule has 1 heterocycles. The van der Waals surface area contributed by atoms with Gasteiger partial charge < -0.3 is 29.0 Å². The van der Waals surface area contributed by atoms with Crippen LogP contribution in [0, 0.1) is 5.92 Å². The normalized spacial score (nSPS) is 20.4. The van der Waals surface area contributed by atoms with Gasteiger partial charge in [0.1, 0.15) is 23.2 Å². The fourth-order valence-electron chi connectivity index (χ4n) is 5.56. The smallest absolute Gasteiger partial charge is 0.336 e. The molecule has 0 unspecified atom stereocenters. The standard InChI is InChI=1S/C31H35NO8/c1-7-39-30(34)25-17(3)32-23-16-21(18-9-11-19(36-4)12-10-18)27(31(35)40-8-2)29(33)28(23)26(25)22-15-20(37-5)13-14-24(22)38-6/h9-15,21,26-27,32H,7-8,16H2,1-6H3/t21-,26+,27-/m0/s1. The zero-order valence-electron chi connectivity index (χ0n) is 23.7. The van der Waals surface area contributed by atoms with Crippen LogP contribution in [0.2, 0.25) is 0 Å². The second-order valence-corrected chi connectivity index (χ2v) is 9.50. The second-order valence-electron chi connectivity index (χ2n) is 9.50. The number of Topliss-reactive ketones (excluding diaryl/α,β-unsaturated/α-hetero) is 1. The first kappa shape index (κ1) is 28.7. The van der Waals surface area contributed by atoms with E-state index in [1.54, 1.807) is 58.2 Å². The first-order valence-corrected chi connectivity index (χ1v) is 13.2. The van der Waals surface area contributed by atoms with Crippen molar-refractivity contribution in [3.63, 3.8) is 0 Å². The summed E-state index contributed by atoms with van der Waals surface area (Å²) >= 11 is 0. The van der Waals surface area contributed by atoms with Gasteiger partial charge >= 0.3 is 11.9 Å². The van der Waals surface area contributed by atoms with E-state index < -0.39 is 35.5 Å². The van der Waals surface area contributed by atoms with Gasteiger partial charge in [0.05, 0.1) is 46.0 Å². The number of methoxy groups -OCH3 is 3. The third-order valence-electron chi connectivity index (χ3n) is 7.35. The molecule has 0 saturated carbocycles. The van der Waals surface area contributed by atoms with Crippen molar-refractivity contribution in [2.24, 2.45) is 5.92 Å². The van der Waals surface area contributed by atoms with Gasteiger partial charge in [0.15, 0.2) is 5.78 Å². The lowest BCUT2D eigenvalue weighted by Gasteiger charge is -2.39. The molecular formula is C31H35NO8. The average Bonchev–Trinajstić information content (AvgIpc) is 2.96. The molecule has 2 aliphatic rings. The van der Waals surface area contributed by atoms with Crippen LogP contribution in [0.4, 0.5) is 0 Å². The Balaban J connectivity index is 1.95. The van der Waals surface area contributed by atoms with Crippen molar-refractivity contribution in [1.29, 1.82) is 0 Å². The maximum absolute atomic E-state index is 14.5. The predicted octanol–water partition coefficient (Wildman–Crippen LogP) is 4.43. The van der Waals surface area contributed by atoms with Crippen LogP contribution >= 0.6 is 0 Å². The number of benzene rings is 2. The van der Waals surface area contributed by atoms with Crippen molar-refractivity contribution in [1.82, 2.24) is 5.32 Å². The molecule has 212 valence electrons. The van der Waals surface area contributed by atoms with Gasteiger partial charge in [-0.1, -0.05) is 12.1 Å². The summed E-state index contributed by atoms with van der Waals surface area (Å²) in [5, 5.41) is 3.31. The summed E-state index contributed by atoms with van der Waals surface area (Å²) in [6, 6.07) is 12.5. The number of carbonyl (C=O) groups is 3. The first-order valence-electron chi connectivity index (χ1n) is 13.2. The van der Waals surface area contributed by atoms with Gasteiger partial charge in [-0.3, -0.25) is 9.59 Å². The molecule has 1 aliphatic heterocycles. The van der Waals surface area contributed by atoms with Gasteiger partial charge in [0.25, 0.3) is 0 Å². The van der Waals surface area contributed by atoms with Crippen LogP contribution in [0.25, 0.3) is 0 Å². The number of hydrogen-bond donors (Lipinski definition) is 1. The highest BCUT2D eigenvalue weighted by molar-refractivity contribution is 6.13. The molecule has 3 atom stereocenters. The van der Waals surface area contributed by atoms with Gasteiger partial charge in [-0.2, -0.15) is 0 Å². The highest BCUT2D eigenvalue weighted by atomic mass is 16.5. The number of nitrogens with one attached hydrogen (secondary N) is 1. The first-order chi connectivity index (χ1) is 19.3. The Morgan fingerprint density at radius 1 is 0.900 bits per heavy atom. The molecule has 2 aromatic carbocycles. The Morgan fingerprint density at radius 2 is 1.55 bits per heavy atom. The highest BCUT2D eigenvalue weighted by Crippen LogP contribution is 2.50. The van der Waals surface area contributed by atoms with E-state index >= 15 is 0 Å². The Morgan fingerprint density at radius 3 is 2.15 bits per heavy atom. The predicted molar refractivity (Wildman–Crippen MR) is 147 cm³/mol. The van der Waals surface area contributed by atoms with Crippen molar-refractivity contribution >= 4 is 17.7 Å². The minimum Gasteiger partial charge on any atom is -0.497 e. The second kappa shape index (κ2) is 12.3. The van der Waals surface area contributed by atoms with Gasteiger partial charge in [-0.25, -0.2) is 4.79 Å². The Kier molecular flexibility index (Phi) is 8.82. The monoisotopic (exact) mass is 549 g/mol. The molecule has 0 spiro atoms. The van der Waals surface area contributed by atoms with Crippen LogP contribution in [-0.2, 0) is 23.9 Å². The topological polar surface area (TPSA) is 109 Å². The fraction of sp³-hybridized carbons (Fsp3) is 0.387. The van der Waals surface area contributed by atoms with E-state index in [9.17, 15) is 14.4 Å². The lowest BCUT2D eigenvalue weighted by Crippen LogP contribution is -2.43. The lowest BCUT2D eigenvalue weighted by atomic mass is 9.67. The van der Waals surface area contributed by atoms with Crippen molar-refractivity contribution in [2.45, 2.75) is 39.0 Å². The van der Waals surface area contributed by atoms with Gasteiger partial charge in [0.2, 0.25) is 0 Å². The van der Waals surface area contributed by atoms with Gasteiger partial charge in [-0.05, 0) is 63.1 Å². The van der Waals surface area contributed by atoms with Crippen LogP contribution in [0.5, 0.6) is 17.2 Å². The largest absolute Gasteiger partial charge is 0.497 e. The molecule has 0 fully saturated rings. The molecule has 4 rings (SSSR count). The summed E-state index contributed by atoms with van der Waals surface area (Å²) in [6.07, 6.45) is 0.340. The van der Waals surface area contributed by atoms with E-state index in [2.05, 4.69) is 5.32 Å². The van der Waals surface area contributed by atoms with Crippen LogP contribution in [0.1, 0.15) is 50.2 Å².